The molecule has 0 N–H and O–H groups in total. The molecular formula is C16H20N2O2. The molecule has 1 aliphatic heterocycles. The molecule has 106 valence electrons. The molecule has 0 saturated carbocycles. The molecule has 1 atom stereocenters. The van der Waals surface area contributed by atoms with Crippen LogP contribution in [0.1, 0.15) is 37.7 Å². The molecule has 1 aromatic carbocycles. The zero-order valence-electron chi connectivity index (χ0n) is 11.6. The summed E-state index contributed by atoms with van der Waals surface area (Å²) in [4.78, 5) is 13.7. The SMILES string of the molecule is N#CC1CCCCCCN1C(=O)OCc1ccccc1. The first-order chi connectivity index (χ1) is 9.81. The minimum atomic E-state index is -0.373. The van der Waals surface area contributed by atoms with Crippen molar-refractivity contribution in [3.63, 3.8) is 0 Å². The average molecular weight is 272 g/mol. The second kappa shape index (κ2) is 7.54. The molecule has 0 aromatic heterocycles. The fourth-order valence-corrected chi connectivity index (χ4v) is 2.44. The van der Waals surface area contributed by atoms with Crippen LogP contribution in [0.3, 0.4) is 0 Å². The van der Waals surface area contributed by atoms with Gasteiger partial charge < -0.3 is 4.74 Å². The summed E-state index contributed by atoms with van der Waals surface area (Å²) in [7, 11) is 0. The number of nitrogens with zero attached hydrogens (tertiary/aromatic N) is 2. The van der Waals surface area contributed by atoms with Crippen molar-refractivity contribution in [2.75, 3.05) is 6.54 Å². The number of hydrogen-bond acceptors (Lipinski definition) is 3. The van der Waals surface area contributed by atoms with Gasteiger partial charge in [0.05, 0.1) is 6.07 Å². The zero-order valence-corrected chi connectivity index (χ0v) is 11.6. The summed E-state index contributed by atoms with van der Waals surface area (Å²) < 4.78 is 5.33. The normalized spacial score (nSPS) is 19.6. The second-order valence-corrected chi connectivity index (χ2v) is 5.08. The Kier molecular flexibility index (Phi) is 5.43. The molecule has 0 bridgehead atoms. The highest BCUT2D eigenvalue weighted by molar-refractivity contribution is 5.68. The Labute approximate surface area is 120 Å². The number of carbonyl (C=O) groups excluding carboxylic acids is 1. The summed E-state index contributed by atoms with van der Waals surface area (Å²) in [5.74, 6) is 0. The van der Waals surface area contributed by atoms with Crippen LogP contribution in [0.15, 0.2) is 30.3 Å². The van der Waals surface area contributed by atoms with Crippen LogP contribution >= 0.6 is 0 Å². The Morgan fingerprint density at radius 2 is 2.00 bits per heavy atom. The predicted molar refractivity (Wildman–Crippen MR) is 75.8 cm³/mol. The van der Waals surface area contributed by atoms with Crippen molar-refractivity contribution >= 4 is 6.09 Å². The molecule has 20 heavy (non-hydrogen) atoms. The summed E-state index contributed by atoms with van der Waals surface area (Å²) in [6.45, 7) is 0.875. The molecule has 1 unspecified atom stereocenters. The van der Waals surface area contributed by atoms with Gasteiger partial charge in [0.2, 0.25) is 0 Å². The summed E-state index contributed by atoms with van der Waals surface area (Å²) in [6, 6.07) is 11.5. The van der Waals surface area contributed by atoms with Gasteiger partial charge in [-0.15, -0.1) is 0 Å². The molecule has 0 spiro atoms. The first-order valence-corrected chi connectivity index (χ1v) is 7.18. The van der Waals surface area contributed by atoms with E-state index in [-0.39, 0.29) is 18.7 Å². The van der Waals surface area contributed by atoms with Crippen molar-refractivity contribution in [3.05, 3.63) is 35.9 Å². The highest BCUT2D eigenvalue weighted by Crippen LogP contribution is 2.17. The van der Waals surface area contributed by atoms with Gasteiger partial charge in [-0.1, -0.05) is 49.6 Å². The lowest BCUT2D eigenvalue weighted by molar-refractivity contribution is 0.0838. The molecular weight excluding hydrogens is 252 g/mol. The van der Waals surface area contributed by atoms with Gasteiger partial charge in [0.15, 0.2) is 0 Å². The maximum atomic E-state index is 12.2. The summed E-state index contributed by atoms with van der Waals surface area (Å²) in [5.41, 5.74) is 0.960. The van der Waals surface area contributed by atoms with Gasteiger partial charge in [0.1, 0.15) is 12.6 Å². The van der Waals surface area contributed by atoms with E-state index in [1.54, 1.807) is 4.90 Å². The third-order valence-corrected chi connectivity index (χ3v) is 3.59. The van der Waals surface area contributed by atoms with Gasteiger partial charge >= 0.3 is 6.09 Å². The van der Waals surface area contributed by atoms with Crippen molar-refractivity contribution in [1.29, 1.82) is 5.26 Å². The van der Waals surface area contributed by atoms with Crippen molar-refractivity contribution in [2.45, 2.75) is 44.8 Å². The van der Waals surface area contributed by atoms with E-state index in [9.17, 15) is 10.1 Å². The van der Waals surface area contributed by atoms with E-state index in [2.05, 4.69) is 6.07 Å². The minimum Gasteiger partial charge on any atom is -0.445 e. The number of hydrogen-bond donors (Lipinski definition) is 0. The molecule has 0 radical (unpaired) electrons. The van der Waals surface area contributed by atoms with E-state index >= 15 is 0 Å². The molecule has 1 aliphatic rings. The highest BCUT2D eigenvalue weighted by Gasteiger charge is 2.25. The van der Waals surface area contributed by atoms with Gasteiger partial charge in [-0.05, 0) is 18.4 Å². The van der Waals surface area contributed by atoms with E-state index in [1.807, 2.05) is 30.3 Å². The Morgan fingerprint density at radius 3 is 2.75 bits per heavy atom. The lowest BCUT2D eigenvalue weighted by Crippen LogP contribution is -2.41. The van der Waals surface area contributed by atoms with Crippen LogP contribution in [-0.2, 0) is 11.3 Å². The lowest BCUT2D eigenvalue weighted by Gasteiger charge is -2.28. The molecule has 1 heterocycles. The molecule has 0 aliphatic carbocycles. The molecule has 1 aromatic rings. The monoisotopic (exact) mass is 272 g/mol. The Bertz CT molecular complexity index is 467. The van der Waals surface area contributed by atoms with E-state index in [0.29, 0.717) is 6.54 Å². The summed E-state index contributed by atoms with van der Waals surface area (Å²) in [5, 5.41) is 9.21. The van der Waals surface area contributed by atoms with Gasteiger partial charge in [0, 0.05) is 6.54 Å². The largest absolute Gasteiger partial charge is 0.445 e. The van der Waals surface area contributed by atoms with Crippen molar-refractivity contribution in [3.8, 4) is 6.07 Å². The van der Waals surface area contributed by atoms with Crippen LogP contribution in [0.25, 0.3) is 0 Å². The number of ether oxygens (including phenoxy) is 1. The number of likely N-dealkylation sites (tertiary alicyclic amines) is 1. The van der Waals surface area contributed by atoms with Gasteiger partial charge in [0.25, 0.3) is 0 Å². The number of benzene rings is 1. The summed E-state index contributed by atoms with van der Waals surface area (Å²) >= 11 is 0. The number of nitriles is 1. The maximum Gasteiger partial charge on any atom is 0.411 e. The fourth-order valence-electron chi connectivity index (χ4n) is 2.44. The second-order valence-electron chi connectivity index (χ2n) is 5.08. The van der Waals surface area contributed by atoms with Crippen molar-refractivity contribution in [2.24, 2.45) is 0 Å². The van der Waals surface area contributed by atoms with E-state index in [1.165, 1.54) is 0 Å². The van der Waals surface area contributed by atoms with E-state index in [4.69, 9.17) is 4.74 Å². The van der Waals surface area contributed by atoms with Crippen LogP contribution in [0.5, 0.6) is 0 Å². The molecule has 1 saturated heterocycles. The molecule has 1 fully saturated rings. The Hall–Kier alpha value is -2.02. The smallest absolute Gasteiger partial charge is 0.411 e. The van der Waals surface area contributed by atoms with Crippen LogP contribution in [-0.4, -0.2) is 23.6 Å². The third kappa shape index (κ3) is 3.99. The molecule has 4 heteroatoms. The highest BCUT2D eigenvalue weighted by atomic mass is 16.6. The Balaban J connectivity index is 1.93. The maximum absolute atomic E-state index is 12.2. The number of rotatable bonds is 2. The fraction of sp³-hybridized carbons (Fsp3) is 0.500. The van der Waals surface area contributed by atoms with E-state index < -0.39 is 0 Å². The predicted octanol–water partition coefficient (Wildman–Crippen LogP) is 3.48. The van der Waals surface area contributed by atoms with Gasteiger partial charge in [-0.2, -0.15) is 5.26 Å². The topological polar surface area (TPSA) is 53.3 Å². The van der Waals surface area contributed by atoms with Gasteiger partial charge in [-0.25, -0.2) is 4.79 Å². The van der Waals surface area contributed by atoms with Crippen LogP contribution < -0.4 is 0 Å². The molecule has 2 rings (SSSR count). The third-order valence-electron chi connectivity index (χ3n) is 3.59. The van der Waals surface area contributed by atoms with E-state index in [0.717, 1.165) is 37.7 Å². The minimum absolute atomic E-state index is 0.258. The molecule has 1 amide bonds. The first kappa shape index (κ1) is 14.4. The average Bonchev–Trinajstić information content (AvgIpc) is 2.46. The Morgan fingerprint density at radius 1 is 1.25 bits per heavy atom. The van der Waals surface area contributed by atoms with Crippen molar-refractivity contribution < 1.29 is 9.53 Å². The summed E-state index contributed by atoms with van der Waals surface area (Å²) in [6.07, 6.45) is 4.57. The molecule has 4 nitrogen and oxygen atoms in total. The lowest BCUT2D eigenvalue weighted by atomic mass is 10.0. The van der Waals surface area contributed by atoms with Gasteiger partial charge in [-0.3, -0.25) is 4.90 Å². The van der Waals surface area contributed by atoms with Crippen LogP contribution in [0.2, 0.25) is 0 Å². The quantitative estimate of drug-likeness (QED) is 0.828. The van der Waals surface area contributed by atoms with Crippen molar-refractivity contribution in [1.82, 2.24) is 4.90 Å². The number of carbonyl (C=O) groups is 1. The van der Waals surface area contributed by atoms with Crippen LogP contribution in [0, 0.1) is 11.3 Å². The van der Waals surface area contributed by atoms with Crippen LogP contribution in [0.4, 0.5) is 4.79 Å². The number of amides is 1. The standard InChI is InChI=1S/C16H20N2O2/c17-12-15-10-6-1-2-7-11-18(15)16(19)20-13-14-8-4-3-5-9-14/h3-5,8-9,15H,1-2,6-7,10-11,13H2. The first-order valence-electron chi connectivity index (χ1n) is 7.18. The zero-order chi connectivity index (χ0) is 14.2.